The molecule has 1 rings (SSSR count). The smallest absolute Gasteiger partial charge is 0.222 e. The number of amides is 1. The van der Waals surface area contributed by atoms with E-state index in [0.717, 1.165) is 0 Å². The van der Waals surface area contributed by atoms with Gasteiger partial charge in [-0.25, -0.2) is 4.98 Å². The van der Waals surface area contributed by atoms with Gasteiger partial charge in [0.15, 0.2) is 22.0 Å². The Kier molecular flexibility index (Phi) is 3.04. The Morgan fingerprint density at radius 3 is 2.83 bits per heavy atom. The fourth-order valence-corrected chi connectivity index (χ4v) is 0.872. The van der Waals surface area contributed by atoms with E-state index in [1.54, 1.807) is 12.1 Å². The molecule has 1 amide bonds. The topological polar surface area (TPSA) is 51.2 Å². The number of anilines is 1. The maximum absolute atomic E-state index is 10.6. The summed E-state index contributed by atoms with van der Waals surface area (Å²) >= 11 is 2.81. The van der Waals surface area contributed by atoms with Gasteiger partial charge in [-0.3, -0.25) is 4.79 Å². The van der Waals surface area contributed by atoms with E-state index in [2.05, 4.69) is 26.6 Å². The maximum Gasteiger partial charge on any atom is 0.222 e. The lowest BCUT2D eigenvalue weighted by atomic mass is 10.4. The van der Waals surface area contributed by atoms with E-state index >= 15 is 0 Å². The van der Waals surface area contributed by atoms with Crippen LogP contribution in [0.15, 0.2) is 18.3 Å². The van der Waals surface area contributed by atoms with Crippen molar-refractivity contribution in [2.75, 3.05) is 5.32 Å². The van der Waals surface area contributed by atoms with Gasteiger partial charge in [0, 0.05) is 6.92 Å². The van der Waals surface area contributed by atoms with Gasteiger partial charge < -0.3 is 9.15 Å². The van der Waals surface area contributed by atoms with Crippen LogP contribution in [0.2, 0.25) is 0 Å². The number of hydrogen-bond donors (Lipinski definition) is 1. The zero-order valence-electron chi connectivity index (χ0n) is 6.37. The van der Waals surface area contributed by atoms with Crippen LogP contribution in [0.5, 0.6) is 5.75 Å². The van der Waals surface area contributed by atoms with Crippen molar-refractivity contribution in [1.29, 1.82) is 0 Å². The van der Waals surface area contributed by atoms with Crippen LogP contribution in [0.25, 0.3) is 0 Å². The molecule has 1 aromatic heterocycles. The van der Waals surface area contributed by atoms with Crippen LogP contribution in [0.3, 0.4) is 0 Å². The largest absolute Gasteiger partial charge is 0.416 e. The summed E-state index contributed by atoms with van der Waals surface area (Å²) in [5.74, 6) is 0.954. The molecule has 1 aromatic rings. The summed E-state index contributed by atoms with van der Waals surface area (Å²) in [6.45, 7) is 1.43. The van der Waals surface area contributed by atoms with Crippen molar-refractivity contribution in [3.05, 3.63) is 18.3 Å². The second kappa shape index (κ2) is 4.06. The summed E-state index contributed by atoms with van der Waals surface area (Å²) in [5, 5.41) is 2.54. The predicted octanol–water partition coefficient (Wildman–Crippen LogP) is 1.73. The molecule has 0 aliphatic heterocycles. The monoisotopic (exact) mass is 230 g/mol. The van der Waals surface area contributed by atoms with E-state index in [1.807, 2.05) is 0 Å². The van der Waals surface area contributed by atoms with Gasteiger partial charge >= 0.3 is 0 Å². The molecule has 4 nitrogen and oxygen atoms in total. The summed E-state index contributed by atoms with van der Waals surface area (Å²) in [6, 6.07) is 3.34. The molecule has 0 atom stereocenters. The molecule has 0 spiro atoms. The first-order valence-corrected chi connectivity index (χ1v) is 3.89. The van der Waals surface area contributed by atoms with E-state index in [-0.39, 0.29) is 5.91 Å². The van der Waals surface area contributed by atoms with Gasteiger partial charge in [0.1, 0.15) is 5.82 Å². The van der Waals surface area contributed by atoms with Crippen LogP contribution in [0.1, 0.15) is 6.92 Å². The average Bonchev–Trinajstić information content (AvgIpc) is 2.05. The lowest BCUT2D eigenvalue weighted by Gasteiger charge is -2.00. The second-order valence-corrected chi connectivity index (χ2v) is 2.46. The number of carbonyl (C=O) groups is 1. The van der Waals surface area contributed by atoms with Gasteiger partial charge in [-0.05, 0) is 12.1 Å². The van der Waals surface area contributed by atoms with Crippen molar-refractivity contribution < 1.29 is 8.62 Å². The molecule has 0 saturated carbocycles. The highest BCUT2D eigenvalue weighted by Crippen LogP contribution is 2.13. The molecule has 0 aliphatic carbocycles. The molecular weight excluding hydrogens is 224 g/mol. The number of aromatic nitrogens is 1. The lowest BCUT2D eigenvalue weighted by Crippen LogP contribution is -2.06. The van der Waals surface area contributed by atoms with Crippen LogP contribution < -0.4 is 9.15 Å². The Balaban J connectivity index is 2.71. The minimum absolute atomic E-state index is 0.144. The Labute approximate surface area is 78.4 Å². The van der Waals surface area contributed by atoms with Gasteiger partial charge in [-0.15, -0.1) is 0 Å². The summed E-state index contributed by atoms with van der Waals surface area (Å²) in [5.41, 5.74) is 0. The number of rotatable bonds is 2. The van der Waals surface area contributed by atoms with Crippen molar-refractivity contribution in [3.8, 4) is 5.75 Å². The Morgan fingerprint density at radius 1 is 1.67 bits per heavy atom. The van der Waals surface area contributed by atoms with E-state index in [4.69, 9.17) is 3.83 Å². The first-order valence-electron chi connectivity index (χ1n) is 3.24. The third-order valence-electron chi connectivity index (χ3n) is 1.13. The van der Waals surface area contributed by atoms with Crippen molar-refractivity contribution in [2.45, 2.75) is 6.92 Å². The Morgan fingerprint density at radius 2 is 2.42 bits per heavy atom. The highest BCUT2D eigenvalue weighted by molar-refractivity contribution is 9.06. The minimum Gasteiger partial charge on any atom is -0.416 e. The van der Waals surface area contributed by atoms with Gasteiger partial charge in [-0.1, -0.05) is 0 Å². The fourth-order valence-electron chi connectivity index (χ4n) is 0.680. The van der Waals surface area contributed by atoms with Crippen LogP contribution in [-0.4, -0.2) is 10.9 Å². The molecule has 0 radical (unpaired) electrons. The zero-order valence-corrected chi connectivity index (χ0v) is 7.96. The predicted molar refractivity (Wildman–Crippen MR) is 48.1 cm³/mol. The van der Waals surface area contributed by atoms with E-state index in [9.17, 15) is 4.79 Å². The van der Waals surface area contributed by atoms with E-state index < -0.39 is 0 Å². The van der Waals surface area contributed by atoms with E-state index in [1.165, 1.54) is 13.1 Å². The van der Waals surface area contributed by atoms with Gasteiger partial charge in [0.05, 0.1) is 6.20 Å². The summed E-state index contributed by atoms with van der Waals surface area (Å²) in [6.07, 6.45) is 1.50. The zero-order chi connectivity index (χ0) is 8.97. The summed E-state index contributed by atoms with van der Waals surface area (Å²) in [4.78, 5) is 14.5. The van der Waals surface area contributed by atoms with Crippen molar-refractivity contribution in [3.63, 3.8) is 0 Å². The van der Waals surface area contributed by atoms with Crippen LogP contribution in [0, 0.1) is 0 Å². The number of pyridine rings is 1. The second-order valence-electron chi connectivity index (χ2n) is 2.14. The first kappa shape index (κ1) is 8.99. The number of halogens is 1. The molecule has 1 N–H and O–H groups in total. The fraction of sp³-hybridized carbons (Fsp3) is 0.143. The maximum atomic E-state index is 10.6. The molecule has 64 valence electrons. The van der Waals surface area contributed by atoms with Crippen LogP contribution in [-0.2, 0) is 4.79 Å². The van der Waals surface area contributed by atoms with Gasteiger partial charge in [-0.2, -0.15) is 0 Å². The van der Waals surface area contributed by atoms with Crippen molar-refractivity contribution in [1.82, 2.24) is 4.98 Å². The highest BCUT2D eigenvalue weighted by atomic mass is 79.9. The van der Waals surface area contributed by atoms with Crippen LogP contribution in [0.4, 0.5) is 5.82 Å². The molecule has 0 bridgehead atoms. The van der Waals surface area contributed by atoms with Gasteiger partial charge in [0.2, 0.25) is 5.91 Å². The van der Waals surface area contributed by atoms with Crippen molar-refractivity contribution >= 4 is 28.0 Å². The average molecular weight is 231 g/mol. The molecule has 0 unspecified atom stereocenters. The quantitative estimate of drug-likeness (QED) is 0.843. The number of nitrogens with one attached hydrogen (secondary N) is 1. The SMILES string of the molecule is CC(=O)Nc1ccc(OBr)cn1. The Bertz CT molecular complexity index is 273. The molecule has 0 aliphatic rings. The lowest BCUT2D eigenvalue weighted by molar-refractivity contribution is -0.114. The molecule has 1 heterocycles. The standard InChI is InChI=1S/C7H7BrN2O2/c1-5(11)10-7-3-2-6(12-8)4-9-7/h2-4H,1H3,(H,9,10,11). The molecule has 0 aromatic carbocycles. The third-order valence-corrected chi connectivity index (χ3v) is 1.50. The van der Waals surface area contributed by atoms with Crippen LogP contribution >= 0.6 is 16.3 Å². The minimum atomic E-state index is -0.144. The number of carbonyl (C=O) groups excluding carboxylic acids is 1. The van der Waals surface area contributed by atoms with Gasteiger partial charge in [0.25, 0.3) is 0 Å². The number of hydrogen-bond acceptors (Lipinski definition) is 3. The summed E-state index contributed by atoms with van der Waals surface area (Å²) < 4.78 is 4.71. The highest BCUT2D eigenvalue weighted by Gasteiger charge is 1.96. The number of nitrogens with zero attached hydrogens (tertiary/aromatic N) is 1. The molecule has 0 fully saturated rings. The molecule has 12 heavy (non-hydrogen) atoms. The first-order chi connectivity index (χ1) is 5.72. The van der Waals surface area contributed by atoms with E-state index in [0.29, 0.717) is 11.6 Å². The summed E-state index contributed by atoms with van der Waals surface area (Å²) in [7, 11) is 0. The normalized spacial score (nSPS) is 9.17. The third kappa shape index (κ3) is 2.50. The molecular formula is C7H7BrN2O2. The molecule has 5 heteroatoms. The van der Waals surface area contributed by atoms with Crippen molar-refractivity contribution in [2.24, 2.45) is 0 Å². The molecule has 0 saturated heterocycles. The Hall–Kier alpha value is -1.10.